The number of carboxylic acid groups (broad SMARTS) is 2. The van der Waals surface area contributed by atoms with Gasteiger partial charge in [-0.2, -0.15) is 0 Å². The summed E-state index contributed by atoms with van der Waals surface area (Å²) < 4.78 is 0. The molecule has 1 aliphatic heterocycles. The molecule has 1 aromatic rings. The van der Waals surface area contributed by atoms with Crippen molar-refractivity contribution < 1.29 is 24.6 Å². The highest BCUT2D eigenvalue weighted by molar-refractivity contribution is 5.88. The van der Waals surface area contributed by atoms with Gasteiger partial charge in [-0.05, 0) is 50.5 Å². The molecule has 1 saturated heterocycles. The van der Waals surface area contributed by atoms with Crippen molar-refractivity contribution in [1.82, 2.24) is 10.2 Å². The SMILES string of the molecule is C[C@H](NC(CCc1ccccc1)C(=O)O)C(=O)N1C2CCCCC2C[C@H]1C(=O)O. The number of carbonyl (C=O) groups is 3. The molecule has 2 fully saturated rings. The number of amides is 1. The van der Waals surface area contributed by atoms with Crippen molar-refractivity contribution in [3.05, 3.63) is 35.9 Å². The summed E-state index contributed by atoms with van der Waals surface area (Å²) in [6, 6.07) is 7.12. The Labute approximate surface area is 171 Å². The zero-order valence-corrected chi connectivity index (χ0v) is 16.8. The maximum atomic E-state index is 13.2. The summed E-state index contributed by atoms with van der Waals surface area (Å²) in [6.45, 7) is 1.63. The van der Waals surface area contributed by atoms with Gasteiger partial charge in [0.25, 0.3) is 0 Å². The summed E-state index contributed by atoms with van der Waals surface area (Å²) in [5.41, 5.74) is 1.04. The number of aliphatic carboxylic acids is 2. The molecule has 158 valence electrons. The molecule has 0 spiro atoms. The van der Waals surface area contributed by atoms with Gasteiger partial charge in [-0.3, -0.25) is 14.9 Å². The van der Waals surface area contributed by atoms with Crippen molar-refractivity contribution in [3.8, 4) is 0 Å². The number of nitrogens with one attached hydrogen (secondary N) is 1. The largest absolute Gasteiger partial charge is 0.480 e. The zero-order chi connectivity index (χ0) is 21.0. The molecule has 3 rings (SSSR count). The average Bonchev–Trinajstić information content (AvgIpc) is 3.10. The van der Waals surface area contributed by atoms with Crippen molar-refractivity contribution in [2.45, 2.75) is 76.0 Å². The molecule has 1 heterocycles. The minimum Gasteiger partial charge on any atom is -0.480 e. The van der Waals surface area contributed by atoms with E-state index in [1.54, 1.807) is 6.92 Å². The first-order valence-electron chi connectivity index (χ1n) is 10.5. The fraction of sp³-hybridized carbons (Fsp3) is 0.591. The molecule has 7 heteroatoms. The standard InChI is InChI=1S/C22H30N2O5/c1-14(23-17(21(26)27)12-11-15-7-3-2-4-8-15)20(25)24-18-10-6-5-9-16(18)13-19(24)22(28)29/h2-4,7-8,14,16-19,23H,5-6,9-13H2,1H3,(H,26,27)(H,28,29)/t14-,16?,17?,18?,19-/m0/s1. The van der Waals surface area contributed by atoms with Gasteiger partial charge >= 0.3 is 11.9 Å². The van der Waals surface area contributed by atoms with E-state index in [-0.39, 0.29) is 17.9 Å². The van der Waals surface area contributed by atoms with Gasteiger partial charge in [-0.15, -0.1) is 0 Å². The van der Waals surface area contributed by atoms with Crippen molar-refractivity contribution >= 4 is 17.8 Å². The Kier molecular flexibility index (Phi) is 6.90. The molecule has 29 heavy (non-hydrogen) atoms. The molecule has 3 unspecified atom stereocenters. The summed E-state index contributed by atoms with van der Waals surface area (Å²) in [7, 11) is 0. The van der Waals surface area contributed by atoms with Crippen LogP contribution in [-0.4, -0.2) is 57.1 Å². The molecular weight excluding hydrogens is 372 g/mol. The Bertz CT molecular complexity index is 738. The lowest BCUT2D eigenvalue weighted by Gasteiger charge is -2.35. The van der Waals surface area contributed by atoms with Gasteiger partial charge in [0.1, 0.15) is 12.1 Å². The number of carbonyl (C=O) groups excluding carboxylic acids is 1. The number of likely N-dealkylation sites (tertiary alicyclic amines) is 1. The van der Waals surface area contributed by atoms with Crippen LogP contribution >= 0.6 is 0 Å². The minimum absolute atomic E-state index is 0.0470. The molecule has 7 nitrogen and oxygen atoms in total. The normalized spacial score (nSPS) is 25.8. The van der Waals surface area contributed by atoms with Crippen LogP contribution in [0.4, 0.5) is 0 Å². The third-order valence-electron chi connectivity index (χ3n) is 6.31. The number of hydrogen-bond acceptors (Lipinski definition) is 4. The van der Waals surface area contributed by atoms with Crippen LogP contribution in [0, 0.1) is 5.92 Å². The average molecular weight is 402 g/mol. The van der Waals surface area contributed by atoms with Crippen LogP contribution in [0.15, 0.2) is 30.3 Å². The van der Waals surface area contributed by atoms with Gasteiger partial charge in [0.05, 0.1) is 6.04 Å². The molecule has 0 aromatic heterocycles. The highest BCUT2D eigenvalue weighted by Gasteiger charge is 2.48. The van der Waals surface area contributed by atoms with Gasteiger partial charge in [-0.1, -0.05) is 43.2 Å². The number of nitrogens with zero attached hydrogens (tertiary/aromatic N) is 1. The van der Waals surface area contributed by atoms with Crippen molar-refractivity contribution in [2.24, 2.45) is 5.92 Å². The van der Waals surface area contributed by atoms with E-state index in [2.05, 4.69) is 5.32 Å². The van der Waals surface area contributed by atoms with E-state index in [4.69, 9.17) is 0 Å². The zero-order valence-electron chi connectivity index (χ0n) is 16.8. The van der Waals surface area contributed by atoms with Crippen molar-refractivity contribution in [2.75, 3.05) is 0 Å². The highest BCUT2D eigenvalue weighted by Crippen LogP contribution is 2.40. The molecule has 1 amide bonds. The second-order valence-electron chi connectivity index (χ2n) is 8.25. The Morgan fingerprint density at radius 2 is 1.83 bits per heavy atom. The van der Waals surface area contributed by atoms with Crippen LogP contribution in [0.3, 0.4) is 0 Å². The lowest BCUT2D eigenvalue weighted by atomic mass is 9.84. The minimum atomic E-state index is -1.01. The number of rotatable bonds is 8. The van der Waals surface area contributed by atoms with E-state index in [0.29, 0.717) is 19.3 Å². The number of hydrogen-bond donors (Lipinski definition) is 3. The van der Waals surface area contributed by atoms with Crippen molar-refractivity contribution in [3.63, 3.8) is 0 Å². The molecule has 1 aliphatic carbocycles. The first-order chi connectivity index (χ1) is 13.9. The summed E-state index contributed by atoms with van der Waals surface area (Å²) in [5, 5.41) is 22.2. The van der Waals surface area contributed by atoms with Gasteiger partial charge in [0.2, 0.25) is 5.91 Å². The van der Waals surface area contributed by atoms with E-state index < -0.39 is 30.1 Å². The summed E-state index contributed by atoms with van der Waals surface area (Å²) >= 11 is 0. The van der Waals surface area contributed by atoms with Crippen molar-refractivity contribution in [1.29, 1.82) is 0 Å². The predicted octanol–water partition coefficient (Wildman–Crippen LogP) is 2.29. The van der Waals surface area contributed by atoms with Gasteiger partial charge in [-0.25, -0.2) is 4.79 Å². The number of carboxylic acids is 2. The Morgan fingerprint density at radius 3 is 2.48 bits per heavy atom. The lowest BCUT2D eigenvalue weighted by Crippen LogP contribution is -2.55. The molecule has 1 saturated carbocycles. The molecule has 1 aromatic carbocycles. The van der Waals surface area contributed by atoms with E-state index in [0.717, 1.165) is 31.2 Å². The Hall–Kier alpha value is -2.41. The summed E-state index contributed by atoms with van der Waals surface area (Å²) in [5.74, 6) is -2.06. The molecule has 0 radical (unpaired) electrons. The van der Waals surface area contributed by atoms with Crippen LogP contribution < -0.4 is 5.32 Å². The second-order valence-corrected chi connectivity index (χ2v) is 8.25. The number of aryl methyl sites for hydroxylation is 1. The fourth-order valence-electron chi connectivity index (χ4n) is 4.83. The molecule has 3 N–H and O–H groups in total. The molecule has 5 atom stereocenters. The van der Waals surface area contributed by atoms with Crippen LogP contribution in [0.1, 0.15) is 51.0 Å². The lowest BCUT2D eigenvalue weighted by molar-refractivity contribution is -0.151. The maximum Gasteiger partial charge on any atom is 0.326 e. The van der Waals surface area contributed by atoms with E-state index in [9.17, 15) is 24.6 Å². The summed E-state index contributed by atoms with van der Waals surface area (Å²) in [4.78, 5) is 38.2. The van der Waals surface area contributed by atoms with E-state index in [1.165, 1.54) is 4.90 Å². The Balaban J connectivity index is 1.66. The van der Waals surface area contributed by atoms with Crippen LogP contribution in [-0.2, 0) is 20.8 Å². The monoisotopic (exact) mass is 402 g/mol. The fourth-order valence-corrected chi connectivity index (χ4v) is 4.83. The third-order valence-corrected chi connectivity index (χ3v) is 6.31. The predicted molar refractivity (Wildman–Crippen MR) is 107 cm³/mol. The molecule has 0 bridgehead atoms. The second kappa shape index (κ2) is 9.39. The van der Waals surface area contributed by atoms with Crippen LogP contribution in [0.5, 0.6) is 0 Å². The van der Waals surface area contributed by atoms with Gasteiger partial charge < -0.3 is 15.1 Å². The first kappa shape index (κ1) is 21.3. The molecular formula is C22H30N2O5. The van der Waals surface area contributed by atoms with Crippen LogP contribution in [0.25, 0.3) is 0 Å². The van der Waals surface area contributed by atoms with E-state index in [1.807, 2.05) is 30.3 Å². The topological polar surface area (TPSA) is 107 Å². The van der Waals surface area contributed by atoms with E-state index >= 15 is 0 Å². The maximum absolute atomic E-state index is 13.2. The number of fused-ring (bicyclic) bond motifs is 1. The quantitative estimate of drug-likeness (QED) is 0.616. The van der Waals surface area contributed by atoms with Crippen LogP contribution in [0.2, 0.25) is 0 Å². The van der Waals surface area contributed by atoms with Gasteiger partial charge in [0.15, 0.2) is 0 Å². The Morgan fingerprint density at radius 1 is 1.14 bits per heavy atom. The highest BCUT2D eigenvalue weighted by atomic mass is 16.4. The molecule has 2 aliphatic rings. The number of benzene rings is 1. The first-order valence-corrected chi connectivity index (χ1v) is 10.5. The smallest absolute Gasteiger partial charge is 0.326 e. The summed E-state index contributed by atoms with van der Waals surface area (Å²) in [6.07, 6.45) is 5.27. The van der Waals surface area contributed by atoms with Gasteiger partial charge in [0, 0.05) is 6.04 Å². The third kappa shape index (κ3) is 4.96.